The Bertz CT molecular complexity index is 790. The molecule has 2 aliphatic heterocycles. The van der Waals surface area contributed by atoms with Gasteiger partial charge in [0.05, 0.1) is 11.3 Å². The number of carboxylic acid groups (broad SMARTS) is 1. The fourth-order valence-electron chi connectivity index (χ4n) is 4.61. The SMILES string of the molecule is Cc1nn(C)cc1C(=O)N1CC2(CCN(C(=O)C3CC3)CC2)C[C@H]1C(=O)O. The first-order valence-electron chi connectivity index (χ1n) is 9.62. The number of piperidine rings is 1. The van der Waals surface area contributed by atoms with Gasteiger partial charge in [0.1, 0.15) is 6.04 Å². The number of likely N-dealkylation sites (tertiary alicyclic amines) is 2. The molecule has 0 unspecified atom stereocenters. The van der Waals surface area contributed by atoms with Gasteiger partial charge in [0.15, 0.2) is 0 Å². The summed E-state index contributed by atoms with van der Waals surface area (Å²) in [6.45, 7) is 3.52. The summed E-state index contributed by atoms with van der Waals surface area (Å²) in [5, 5.41) is 13.9. The molecule has 2 saturated heterocycles. The van der Waals surface area contributed by atoms with Crippen molar-refractivity contribution in [3.63, 3.8) is 0 Å². The maximum Gasteiger partial charge on any atom is 0.326 e. The predicted molar refractivity (Wildman–Crippen MR) is 96.0 cm³/mol. The lowest BCUT2D eigenvalue weighted by atomic mass is 9.76. The minimum absolute atomic E-state index is 0.209. The number of nitrogens with zero attached hydrogens (tertiary/aromatic N) is 4. The van der Waals surface area contributed by atoms with Gasteiger partial charge in [0, 0.05) is 38.8 Å². The molecule has 3 aliphatic rings. The highest BCUT2D eigenvalue weighted by Gasteiger charge is 2.51. The summed E-state index contributed by atoms with van der Waals surface area (Å²) in [4.78, 5) is 40.6. The summed E-state index contributed by atoms with van der Waals surface area (Å²) < 4.78 is 1.58. The van der Waals surface area contributed by atoms with Crippen molar-refractivity contribution in [2.24, 2.45) is 18.4 Å². The van der Waals surface area contributed by atoms with E-state index in [2.05, 4.69) is 5.10 Å². The molecule has 146 valence electrons. The van der Waals surface area contributed by atoms with Crippen LogP contribution in [0.15, 0.2) is 6.20 Å². The van der Waals surface area contributed by atoms with Gasteiger partial charge in [-0.2, -0.15) is 5.10 Å². The van der Waals surface area contributed by atoms with Gasteiger partial charge in [-0.25, -0.2) is 4.79 Å². The Balaban J connectivity index is 1.50. The first-order chi connectivity index (χ1) is 12.8. The van der Waals surface area contributed by atoms with E-state index in [1.165, 1.54) is 4.90 Å². The molecule has 8 heteroatoms. The number of carbonyl (C=O) groups is 3. The van der Waals surface area contributed by atoms with E-state index in [0.29, 0.717) is 37.3 Å². The van der Waals surface area contributed by atoms with Crippen molar-refractivity contribution < 1.29 is 19.5 Å². The zero-order chi connectivity index (χ0) is 19.3. The molecule has 3 heterocycles. The largest absolute Gasteiger partial charge is 0.480 e. The van der Waals surface area contributed by atoms with Crippen molar-refractivity contribution in [3.05, 3.63) is 17.5 Å². The van der Waals surface area contributed by atoms with Crippen LogP contribution in [0.4, 0.5) is 0 Å². The average molecular weight is 374 g/mol. The standard InChI is InChI=1S/C19H26N4O4/c1-12-14(10-21(2)20-12)17(25)23-11-19(9-15(23)18(26)27)5-7-22(8-6-19)16(24)13-3-4-13/h10,13,15H,3-9,11H2,1-2H3,(H,26,27)/t15-/m0/s1. The van der Waals surface area contributed by atoms with E-state index in [-0.39, 0.29) is 23.1 Å². The molecule has 27 heavy (non-hydrogen) atoms. The second-order valence-electron chi connectivity index (χ2n) is 8.39. The third kappa shape index (κ3) is 3.21. The van der Waals surface area contributed by atoms with Crippen LogP contribution in [0.3, 0.4) is 0 Å². The highest BCUT2D eigenvalue weighted by molar-refractivity contribution is 5.97. The third-order valence-corrected chi connectivity index (χ3v) is 6.36. The second kappa shape index (κ2) is 6.35. The van der Waals surface area contributed by atoms with Crippen molar-refractivity contribution in [2.45, 2.75) is 45.1 Å². The number of rotatable bonds is 3. The van der Waals surface area contributed by atoms with Gasteiger partial charge < -0.3 is 14.9 Å². The first kappa shape index (κ1) is 18.0. The predicted octanol–water partition coefficient (Wildman–Crippen LogP) is 1.05. The van der Waals surface area contributed by atoms with Gasteiger partial charge in [-0.1, -0.05) is 0 Å². The van der Waals surface area contributed by atoms with E-state index < -0.39 is 12.0 Å². The van der Waals surface area contributed by atoms with Crippen molar-refractivity contribution >= 4 is 17.8 Å². The van der Waals surface area contributed by atoms with E-state index in [9.17, 15) is 19.5 Å². The maximum atomic E-state index is 13.0. The van der Waals surface area contributed by atoms with Crippen LogP contribution in [0.2, 0.25) is 0 Å². The highest BCUT2D eigenvalue weighted by atomic mass is 16.4. The van der Waals surface area contributed by atoms with E-state index in [1.807, 2.05) is 4.90 Å². The molecular formula is C19H26N4O4. The number of aliphatic carboxylic acids is 1. The lowest BCUT2D eigenvalue weighted by Crippen LogP contribution is -2.45. The van der Waals surface area contributed by atoms with E-state index in [1.54, 1.807) is 24.9 Å². The Labute approximate surface area is 158 Å². The maximum absolute atomic E-state index is 13.0. The fraction of sp³-hybridized carbons (Fsp3) is 0.684. The van der Waals surface area contributed by atoms with Crippen LogP contribution < -0.4 is 0 Å². The quantitative estimate of drug-likeness (QED) is 0.853. The molecule has 0 bridgehead atoms. The van der Waals surface area contributed by atoms with Crippen LogP contribution in [-0.2, 0) is 16.6 Å². The normalized spacial score (nSPS) is 24.4. The minimum Gasteiger partial charge on any atom is -0.480 e. The Morgan fingerprint density at radius 3 is 2.41 bits per heavy atom. The molecule has 1 aromatic heterocycles. The molecule has 1 aliphatic carbocycles. The number of hydrogen-bond acceptors (Lipinski definition) is 4. The van der Waals surface area contributed by atoms with Gasteiger partial charge in [-0.15, -0.1) is 0 Å². The van der Waals surface area contributed by atoms with Crippen LogP contribution in [0.1, 0.15) is 48.2 Å². The molecular weight excluding hydrogens is 348 g/mol. The van der Waals surface area contributed by atoms with Crippen LogP contribution in [0.25, 0.3) is 0 Å². The van der Waals surface area contributed by atoms with Crippen LogP contribution in [0, 0.1) is 18.3 Å². The zero-order valence-electron chi connectivity index (χ0n) is 15.8. The minimum atomic E-state index is -0.960. The first-order valence-corrected chi connectivity index (χ1v) is 9.62. The molecule has 0 aromatic carbocycles. The average Bonchev–Trinajstić information content (AvgIpc) is 3.33. The van der Waals surface area contributed by atoms with Crippen molar-refractivity contribution in [1.29, 1.82) is 0 Å². The number of carboxylic acids is 1. The lowest BCUT2D eigenvalue weighted by Gasteiger charge is -2.39. The summed E-state index contributed by atoms with van der Waals surface area (Å²) in [5.41, 5.74) is 0.856. The smallest absolute Gasteiger partial charge is 0.326 e. The van der Waals surface area contributed by atoms with Crippen LogP contribution in [0.5, 0.6) is 0 Å². The monoisotopic (exact) mass is 374 g/mol. The molecule has 0 radical (unpaired) electrons. The van der Waals surface area contributed by atoms with Gasteiger partial charge in [0.2, 0.25) is 5.91 Å². The third-order valence-electron chi connectivity index (χ3n) is 6.36. The van der Waals surface area contributed by atoms with E-state index in [4.69, 9.17) is 0 Å². The second-order valence-corrected chi connectivity index (χ2v) is 8.39. The Morgan fingerprint density at radius 2 is 1.89 bits per heavy atom. The van der Waals surface area contributed by atoms with E-state index >= 15 is 0 Å². The van der Waals surface area contributed by atoms with Gasteiger partial charge >= 0.3 is 5.97 Å². The fourth-order valence-corrected chi connectivity index (χ4v) is 4.61. The van der Waals surface area contributed by atoms with Crippen LogP contribution >= 0.6 is 0 Å². The summed E-state index contributed by atoms with van der Waals surface area (Å²) in [6, 6.07) is -0.817. The van der Waals surface area contributed by atoms with Crippen molar-refractivity contribution in [3.8, 4) is 0 Å². The molecule has 2 amide bonds. The summed E-state index contributed by atoms with van der Waals surface area (Å²) in [6.07, 6.45) is 5.61. The topological polar surface area (TPSA) is 95.7 Å². The molecule has 1 spiro atoms. The molecule has 1 aromatic rings. The molecule has 3 fully saturated rings. The van der Waals surface area contributed by atoms with Crippen molar-refractivity contribution in [2.75, 3.05) is 19.6 Å². The highest BCUT2D eigenvalue weighted by Crippen LogP contribution is 2.45. The molecule has 4 rings (SSSR count). The number of carbonyl (C=O) groups excluding carboxylic acids is 2. The molecule has 1 atom stereocenters. The van der Waals surface area contributed by atoms with Gasteiger partial charge in [-0.3, -0.25) is 14.3 Å². The molecule has 1 N–H and O–H groups in total. The van der Waals surface area contributed by atoms with Gasteiger partial charge in [-0.05, 0) is 44.4 Å². The number of aryl methyl sites for hydroxylation is 2. The lowest BCUT2D eigenvalue weighted by molar-refractivity contribution is -0.141. The molecule has 8 nitrogen and oxygen atoms in total. The zero-order valence-corrected chi connectivity index (χ0v) is 15.8. The summed E-state index contributed by atoms with van der Waals surface area (Å²) in [5.74, 6) is -0.766. The molecule has 1 saturated carbocycles. The number of hydrogen-bond donors (Lipinski definition) is 1. The Hall–Kier alpha value is -2.38. The number of amides is 2. The number of aromatic nitrogens is 2. The van der Waals surface area contributed by atoms with Crippen LogP contribution in [-0.4, -0.2) is 68.1 Å². The summed E-state index contributed by atoms with van der Waals surface area (Å²) in [7, 11) is 1.75. The Morgan fingerprint density at radius 1 is 1.22 bits per heavy atom. The van der Waals surface area contributed by atoms with Crippen molar-refractivity contribution in [1.82, 2.24) is 19.6 Å². The summed E-state index contributed by atoms with van der Waals surface area (Å²) >= 11 is 0. The van der Waals surface area contributed by atoms with Gasteiger partial charge in [0.25, 0.3) is 5.91 Å². The van der Waals surface area contributed by atoms with E-state index in [0.717, 1.165) is 25.7 Å². The Kier molecular flexibility index (Phi) is 4.24.